The second kappa shape index (κ2) is 40.2. The average molecular weight is 1530 g/mol. The maximum atomic E-state index is 15.5. The average Bonchev–Trinajstić information content (AvgIpc) is 1.10. The zero-order chi connectivity index (χ0) is 81.3. The van der Waals surface area contributed by atoms with Crippen molar-refractivity contribution in [3.63, 3.8) is 0 Å². The largest absolute Gasteiger partial charge is 0.497 e. The van der Waals surface area contributed by atoms with E-state index in [1.54, 1.807) is 56.5 Å². The number of carbonyl (C=O) groups excluding carboxylic acids is 11. The Bertz CT molecular complexity index is 4270. The number of carboxylic acids is 2. The van der Waals surface area contributed by atoms with E-state index in [0.717, 1.165) is 54.7 Å². The standard InChI is InChI=1S/C76H95FN14O19/c1-10-46-32-50(110-9)24-25-52(46)47-22-19-44(20-23-47)30-57(68(103)83-56(65(78)100)31-45-21-26-54(80-35-45)51-17-13-11-15-40(51)2)84-69(104)58(33-62(98)99)85-70(105)59(38-92)86-71(106)63(42(4)93)89-74(109)76(8,34-48-16-12-14-18-53(48)77)91-72(107)64(43(5)94)88-60(95)37-81-67(102)55(27-28-61(96)97)87-73(108)75(6,7)90-66(101)41(3)29-49-36-79-39-82-49/h11-26,32,35-36,39,41-43,55-59,63-64,92-94H,10,27-31,33-34,37-38H2,1-9H3,(H2,78,100)(H,79,82)(H,81,102)(H,83,103)(H,84,104)(H,85,105)(H,86,106)(H,87,108)(H,88,95)(H,89,109)(H,90,101)(H,91,107)(H,96,97)(H,98,99)/t41-,42+,43+,55-,56-,57-,58-,59-,63-,64-,76-/m0/s1. The number of benzene rings is 4. The molecule has 2 heterocycles. The van der Waals surface area contributed by atoms with Gasteiger partial charge in [0.15, 0.2) is 0 Å². The molecular formula is C76H95FN14O19. The molecule has 0 aliphatic rings. The molecule has 11 amide bonds. The summed E-state index contributed by atoms with van der Waals surface area (Å²) in [5.74, 6) is -16.4. The number of rotatable bonds is 41. The number of halogens is 1. The van der Waals surface area contributed by atoms with Gasteiger partial charge in [-0.1, -0.05) is 92.7 Å². The number of hydrogen-bond acceptors (Lipinski definition) is 19. The predicted octanol–water partition coefficient (Wildman–Crippen LogP) is -0.0779. The molecule has 0 bridgehead atoms. The number of carboxylic acid groups (broad SMARTS) is 2. The van der Waals surface area contributed by atoms with Crippen molar-refractivity contribution in [2.75, 3.05) is 20.3 Å². The van der Waals surface area contributed by atoms with Crippen LogP contribution in [0.25, 0.3) is 22.4 Å². The molecule has 0 spiro atoms. The zero-order valence-corrected chi connectivity index (χ0v) is 62.2. The number of aliphatic hydroxyl groups is 3. The Morgan fingerprint density at radius 1 is 0.600 bits per heavy atom. The second-order valence-electron chi connectivity index (χ2n) is 27.3. The zero-order valence-electron chi connectivity index (χ0n) is 62.2. The molecule has 4 aromatic carbocycles. The fraction of sp³-hybridized carbons (Fsp3) is 0.408. The third kappa shape index (κ3) is 25.3. The van der Waals surface area contributed by atoms with Gasteiger partial charge in [-0.25, -0.2) is 9.37 Å². The number of nitrogens with two attached hydrogens (primary N) is 1. The van der Waals surface area contributed by atoms with Crippen LogP contribution in [0, 0.1) is 18.7 Å². The number of nitrogens with zero attached hydrogens (tertiary/aromatic N) is 2. The first-order valence-electron chi connectivity index (χ1n) is 35.2. The molecule has 18 N–H and O–H groups in total. The summed E-state index contributed by atoms with van der Waals surface area (Å²) >= 11 is 0. The third-order valence-electron chi connectivity index (χ3n) is 18.0. The number of H-pyrrole nitrogens is 1. The number of aliphatic hydroxyl groups excluding tert-OH is 3. The second-order valence-corrected chi connectivity index (χ2v) is 27.3. The van der Waals surface area contributed by atoms with Crippen LogP contribution in [0.5, 0.6) is 5.75 Å². The van der Waals surface area contributed by atoms with Crippen molar-refractivity contribution in [2.24, 2.45) is 11.7 Å². The quantitative estimate of drug-likeness (QED) is 0.0239. The molecule has 2 aromatic heterocycles. The van der Waals surface area contributed by atoms with E-state index in [1.807, 2.05) is 50.2 Å². The maximum absolute atomic E-state index is 15.5. The van der Waals surface area contributed by atoms with E-state index in [4.69, 9.17) is 10.5 Å². The topological polar surface area (TPSA) is 520 Å². The van der Waals surface area contributed by atoms with Crippen LogP contribution in [0.3, 0.4) is 0 Å². The van der Waals surface area contributed by atoms with Gasteiger partial charge in [0, 0.05) is 61.7 Å². The maximum Gasteiger partial charge on any atom is 0.305 e. The number of hydrogen-bond donors (Lipinski definition) is 17. The number of imidazole rings is 1. The molecule has 33 nitrogen and oxygen atoms in total. The number of amides is 11. The first-order chi connectivity index (χ1) is 52.0. The minimum Gasteiger partial charge on any atom is -0.497 e. The first-order valence-corrected chi connectivity index (χ1v) is 35.2. The van der Waals surface area contributed by atoms with Gasteiger partial charge in [-0.2, -0.15) is 0 Å². The lowest BCUT2D eigenvalue weighted by atomic mass is 9.90. The minimum atomic E-state index is -2.43. The van der Waals surface area contributed by atoms with E-state index in [0.29, 0.717) is 34.7 Å². The monoisotopic (exact) mass is 1530 g/mol. The van der Waals surface area contributed by atoms with Gasteiger partial charge in [-0.3, -0.25) is 67.3 Å². The molecule has 6 aromatic rings. The summed E-state index contributed by atoms with van der Waals surface area (Å²) in [5, 5.41) is 75.4. The number of primary amides is 1. The molecule has 0 saturated carbocycles. The number of nitrogens with one attached hydrogen (secondary N) is 11. The van der Waals surface area contributed by atoms with Crippen molar-refractivity contribution in [3.8, 4) is 28.1 Å². The van der Waals surface area contributed by atoms with Gasteiger partial charge in [0.25, 0.3) is 0 Å². The SMILES string of the molecule is CCc1cc(OC)ccc1-c1ccc(C[C@H](NC(=O)[C@H](CC(=O)O)NC(=O)[C@H](CO)NC(=O)[C@@H](NC(=O)[C@](C)(Cc2ccccc2F)NC(=O)[C@@H](NC(=O)CNC(=O)[C@H](CCC(=O)O)NC(=O)C(C)(C)NC(=O)[C@@H](C)Cc2cnc[nH]2)[C@@H](C)O)[C@@H](C)O)C(=O)N[C@@H](Cc2ccc(-c3ccccc3C)nc2)C(N)=O)cc1. The highest BCUT2D eigenvalue weighted by atomic mass is 19.1. The Hall–Kier alpha value is -12.0. The van der Waals surface area contributed by atoms with Gasteiger partial charge in [-0.05, 0) is 118 Å². The summed E-state index contributed by atoms with van der Waals surface area (Å²) < 4.78 is 20.9. The van der Waals surface area contributed by atoms with Gasteiger partial charge in [0.1, 0.15) is 64.9 Å². The van der Waals surface area contributed by atoms with Crippen molar-refractivity contribution < 1.29 is 97.0 Å². The molecule has 6 rings (SSSR count). The lowest BCUT2D eigenvalue weighted by molar-refractivity contribution is -0.142. The third-order valence-corrected chi connectivity index (χ3v) is 18.0. The lowest BCUT2D eigenvalue weighted by Crippen LogP contribution is -2.67. The molecular weight excluding hydrogens is 1430 g/mol. The van der Waals surface area contributed by atoms with E-state index in [1.165, 1.54) is 50.8 Å². The first kappa shape index (κ1) is 86.9. The smallest absolute Gasteiger partial charge is 0.305 e. The highest BCUT2D eigenvalue weighted by Gasteiger charge is 2.43. The van der Waals surface area contributed by atoms with Gasteiger partial charge >= 0.3 is 11.9 Å². The number of aromatic amines is 1. The van der Waals surface area contributed by atoms with Crippen LogP contribution in [-0.4, -0.2) is 203 Å². The van der Waals surface area contributed by atoms with Crippen LogP contribution >= 0.6 is 0 Å². The summed E-state index contributed by atoms with van der Waals surface area (Å²) in [6.07, 6.45) is -1.96. The molecule has 0 radical (unpaired) electrons. The van der Waals surface area contributed by atoms with E-state index in [2.05, 4.69) is 68.1 Å². The summed E-state index contributed by atoms with van der Waals surface area (Å²) in [5.41, 5.74) is 8.15. The Morgan fingerprint density at radius 3 is 1.80 bits per heavy atom. The number of aromatic nitrogens is 3. The van der Waals surface area contributed by atoms with E-state index in [-0.39, 0.29) is 24.8 Å². The molecule has 34 heteroatoms. The minimum absolute atomic E-state index is 0.166. The fourth-order valence-corrected chi connectivity index (χ4v) is 11.6. The Balaban J connectivity index is 1.17. The van der Waals surface area contributed by atoms with E-state index in [9.17, 15) is 87.9 Å². The molecule has 110 heavy (non-hydrogen) atoms. The van der Waals surface area contributed by atoms with Crippen LogP contribution in [0.15, 0.2) is 122 Å². The normalized spacial score (nSPS) is 14.5. The molecule has 590 valence electrons. The Labute approximate surface area is 633 Å². The number of aliphatic carboxylic acids is 2. The van der Waals surface area contributed by atoms with Gasteiger partial charge in [0.2, 0.25) is 65.0 Å². The number of ether oxygens (including phenoxy) is 1. The van der Waals surface area contributed by atoms with Gasteiger partial charge in [0.05, 0.1) is 50.9 Å². The van der Waals surface area contributed by atoms with Crippen LogP contribution in [0.4, 0.5) is 4.39 Å². The van der Waals surface area contributed by atoms with Crippen molar-refractivity contribution in [1.29, 1.82) is 0 Å². The lowest BCUT2D eigenvalue weighted by Gasteiger charge is -2.34. The van der Waals surface area contributed by atoms with Crippen molar-refractivity contribution in [2.45, 2.75) is 172 Å². The molecule has 0 aliphatic carbocycles. The van der Waals surface area contributed by atoms with E-state index < -0.39 is 193 Å². The van der Waals surface area contributed by atoms with Crippen molar-refractivity contribution >= 4 is 76.9 Å². The summed E-state index contributed by atoms with van der Waals surface area (Å²) in [6.45, 7) is 8.97. The number of methoxy groups -OCH3 is 1. The Morgan fingerprint density at radius 2 is 1.21 bits per heavy atom. The Kier molecular flexibility index (Phi) is 31.8. The number of aryl methyl sites for hydroxylation is 2. The van der Waals surface area contributed by atoms with Gasteiger partial charge in [-0.15, -0.1) is 0 Å². The van der Waals surface area contributed by atoms with Crippen molar-refractivity contribution in [3.05, 3.63) is 161 Å². The molecule has 0 aliphatic heterocycles. The molecule has 0 fully saturated rings. The van der Waals surface area contributed by atoms with Crippen LogP contribution < -0.4 is 63.6 Å². The van der Waals surface area contributed by atoms with Crippen LogP contribution in [0.2, 0.25) is 0 Å². The molecule has 11 atom stereocenters. The summed E-state index contributed by atoms with van der Waals surface area (Å²) in [6, 6.07) is 15.3. The number of carbonyl (C=O) groups is 13. The molecule has 0 unspecified atom stereocenters. The van der Waals surface area contributed by atoms with Crippen LogP contribution in [-0.2, 0) is 94.4 Å². The fourth-order valence-electron chi connectivity index (χ4n) is 11.6. The summed E-state index contributed by atoms with van der Waals surface area (Å²) in [7, 11) is 1.54. The van der Waals surface area contributed by atoms with Gasteiger partial charge < -0.3 is 94.2 Å². The highest BCUT2D eigenvalue weighted by molar-refractivity contribution is 6.01. The summed E-state index contributed by atoms with van der Waals surface area (Å²) in [4.78, 5) is 189. The predicted molar refractivity (Wildman–Crippen MR) is 395 cm³/mol. The molecule has 0 saturated heterocycles. The van der Waals surface area contributed by atoms with Crippen LogP contribution in [0.1, 0.15) is 101 Å². The number of pyridine rings is 1. The highest BCUT2D eigenvalue weighted by Crippen LogP contribution is 2.29. The van der Waals surface area contributed by atoms with E-state index >= 15 is 4.39 Å². The van der Waals surface area contributed by atoms with Crippen molar-refractivity contribution in [1.82, 2.24) is 68.1 Å².